The fourth-order valence-corrected chi connectivity index (χ4v) is 5.33. The highest BCUT2D eigenvalue weighted by molar-refractivity contribution is 7.17. The number of carbonyl (C=O) groups is 1. The summed E-state index contributed by atoms with van der Waals surface area (Å²) in [6.07, 6.45) is 6.53. The number of aliphatic hydroxyl groups excluding tert-OH is 1. The fourth-order valence-electron chi connectivity index (χ4n) is 4.48. The average molecular weight is 462 g/mol. The quantitative estimate of drug-likeness (QED) is 0.395. The molecule has 3 heterocycles. The SMILES string of the molecule is Cc1nc(-c2ccc(Cc3cc(C(=O)N[C@@H]4CCCCC[C@H]4O)nc4ccsc34)cc2)co1. The molecule has 0 spiro atoms. The standard InChI is InChI=1S/C26H27N3O3S/c1-16-27-23(15-32-16)18-9-7-17(8-10-18)13-19-14-22(28-21-11-12-33-25(19)21)26(31)29-20-5-3-2-4-6-24(20)30/h7-12,14-15,20,24,30H,2-6,13H2,1H3,(H,29,31)/t20-,24-/m1/s1. The third-order valence-corrected chi connectivity index (χ3v) is 7.26. The summed E-state index contributed by atoms with van der Waals surface area (Å²) in [7, 11) is 0. The zero-order chi connectivity index (χ0) is 22.8. The van der Waals surface area contributed by atoms with Gasteiger partial charge in [0.2, 0.25) is 0 Å². The second kappa shape index (κ2) is 9.45. The molecule has 3 aromatic heterocycles. The lowest BCUT2D eigenvalue weighted by atomic mass is 10.0. The zero-order valence-corrected chi connectivity index (χ0v) is 19.4. The number of aliphatic hydroxyl groups is 1. The van der Waals surface area contributed by atoms with Gasteiger partial charge >= 0.3 is 0 Å². The van der Waals surface area contributed by atoms with Gasteiger partial charge in [-0.05, 0) is 47.9 Å². The minimum absolute atomic E-state index is 0.212. The Hall–Kier alpha value is -3.03. The molecule has 1 fully saturated rings. The number of carbonyl (C=O) groups excluding carboxylic acids is 1. The van der Waals surface area contributed by atoms with Gasteiger partial charge in [0.15, 0.2) is 5.89 Å². The van der Waals surface area contributed by atoms with Gasteiger partial charge in [0.05, 0.1) is 22.4 Å². The second-order valence-corrected chi connectivity index (χ2v) is 9.63. The van der Waals surface area contributed by atoms with Crippen molar-refractivity contribution in [2.75, 3.05) is 0 Å². The van der Waals surface area contributed by atoms with E-state index in [9.17, 15) is 9.90 Å². The smallest absolute Gasteiger partial charge is 0.270 e. The normalized spacial score (nSPS) is 18.8. The fraction of sp³-hybridized carbons (Fsp3) is 0.346. The largest absolute Gasteiger partial charge is 0.449 e. The third-order valence-electron chi connectivity index (χ3n) is 6.28. The number of pyridine rings is 1. The van der Waals surface area contributed by atoms with Crippen LogP contribution >= 0.6 is 11.3 Å². The summed E-state index contributed by atoms with van der Waals surface area (Å²) < 4.78 is 6.41. The Morgan fingerprint density at radius 3 is 2.76 bits per heavy atom. The number of nitrogens with zero attached hydrogens (tertiary/aromatic N) is 2. The first kappa shape index (κ1) is 21.8. The molecule has 0 bridgehead atoms. The van der Waals surface area contributed by atoms with Crippen LogP contribution in [0.25, 0.3) is 21.5 Å². The Morgan fingerprint density at radius 2 is 1.97 bits per heavy atom. The molecule has 0 saturated heterocycles. The van der Waals surface area contributed by atoms with Crippen LogP contribution in [0.1, 0.15) is 59.6 Å². The van der Waals surface area contributed by atoms with E-state index in [1.807, 2.05) is 36.6 Å². The molecule has 5 rings (SSSR count). The topological polar surface area (TPSA) is 88.2 Å². The van der Waals surface area contributed by atoms with E-state index in [0.717, 1.165) is 64.7 Å². The minimum Gasteiger partial charge on any atom is -0.449 e. The Kier molecular flexibility index (Phi) is 6.24. The maximum absolute atomic E-state index is 13.0. The number of thiophene rings is 1. The van der Waals surface area contributed by atoms with Crippen molar-refractivity contribution < 1.29 is 14.3 Å². The van der Waals surface area contributed by atoms with Gasteiger partial charge in [-0.2, -0.15) is 0 Å². The van der Waals surface area contributed by atoms with Crippen molar-refractivity contribution in [3.63, 3.8) is 0 Å². The number of nitrogens with one attached hydrogen (secondary N) is 1. The van der Waals surface area contributed by atoms with Crippen LogP contribution < -0.4 is 5.32 Å². The number of hydrogen-bond acceptors (Lipinski definition) is 6. The highest BCUT2D eigenvalue weighted by Crippen LogP contribution is 2.28. The monoisotopic (exact) mass is 461 g/mol. The summed E-state index contributed by atoms with van der Waals surface area (Å²) in [4.78, 5) is 22.0. The van der Waals surface area contributed by atoms with Gasteiger partial charge in [-0.3, -0.25) is 4.79 Å². The van der Waals surface area contributed by atoms with Crippen molar-refractivity contribution in [1.29, 1.82) is 0 Å². The van der Waals surface area contributed by atoms with Crippen molar-refractivity contribution in [3.8, 4) is 11.3 Å². The van der Waals surface area contributed by atoms with Crippen LogP contribution in [0.3, 0.4) is 0 Å². The number of benzene rings is 1. The van der Waals surface area contributed by atoms with E-state index < -0.39 is 6.10 Å². The number of aryl methyl sites for hydroxylation is 1. The van der Waals surface area contributed by atoms with Crippen LogP contribution in [-0.2, 0) is 6.42 Å². The Bertz CT molecular complexity index is 1260. The van der Waals surface area contributed by atoms with Gasteiger partial charge < -0.3 is 14.8 Å². The summed E-state index contributed by atoms with van der Waals surface area (Å²) in [5, 5.41) is 15.4. The molecule has 0 radical (unpaired) electrons. The molecule has 0 aliphatic heterocycles. The first-order chi connectivity index (χ1) is 16.1. The highest BCUT2D eigenvalue weighted by Gasteiger charge is 2.24. The molecule has 6 nitrogen and oxygen atoms in total. The molecule has 33 heavy (non-hydrogen) atoms. The van der Waals surface area contributed by atoms with Gasteiger partial charge in [0.25, 0.3) is 5.91 Å². The number of amides is 1. The molecular weight excluding hydrogens is 434 g/mol. The van der Waals surface area contributed by atoms with Crippen molar-refractivity contribution in [3.05, 3.63) is 70.8 Å². The van der Waals surface area contributed by atoms with E-state index in [0.29, 0.717) is 18.0 Å². The van der Waals surface area contributed by atoms with Crippen molar-refractivity contribution in [2.24, 2.45) is 0 Å². The van der Waals surface area contributed by atoms with Gasteiger partial charge in [0, 0.05) is 12.5 Å². The van der Waals surface area contributed by atoms with E-state index in [1.54, 1.807) is 17.6 Å². The molecule has 0 unspecified atom stereocenters. The number of aromatic nitrogens is 2. The van der Waals surface area contributed by atoms with E-state index in [2.05, 4.69) is 27.4 Å². The predicted octanol–water partition coefficient (Wildman–Crippen LogP) is 5.27. The first-order valence-corrected chi connectivity index (χ1v) is 12.3. The Labute approximate surface area is 196 Å². The molecule has 1 aliphatic rings. The van der Waals surface area contributed by atoms with Crippen LogP contribution in [-0.4, -0.2) is 33.1 Å². The summed E-state index contributed by atoms with van der Waals surface area (Å²) in [6.45, 7) is 1.83. The van der Waals surface area contributed by atoms with Gasteiger partial charge in [-0.1, -0.05) is 43.5 Å². The average Bonchev–Trinajstić information content (AvgIpc) is 3.42. The van der Waals surface area contributed by atoms with Crippen LogP contribution in [0.4, 0.5) is 0 Å². The molecule has 170 valence electrons. The molecular formula is C26H27N3O3S. The number of fused-ring (bicyclic) bond motifs is 1. The molecule has 1 aromatic carbocycles. The van der Waals surface area contributed by atoms with E-state index in [-0.39, 0.29) is 11.9 Å². The second-order valence-electron chi connectivity index (χ2n) is 8.71. The number of hydrogen-bond donors (Lipinski definition) is 2. The third kappa shape index (κ3) is 4.84. The van der Waals surface area contributed by atoms with Crippen LogP contribution in [0.5, 0.6) is 0 Å². The Balaban J connectivity index is 1.38. The molecule has 1 aliphatic carbocycles. The van der Waals surface area contributed by atoms with E-state index in [4.69, 9.17) is 4.42 Å². The Morgan fingerprint density at radius 1 is 1.15 bits per heavy atom. The summed E-state index contributed by atoms with van der Waals surface area (Å²) in [5.41, 5.74) is 5.29. The molecule has 7 heteroatoms. The van der Waals surface area contributed by atoms with E-state index >= 15 is 0 Å². The van der Waals surface area contributed by atoms with Gasteiger partial charge in [-0.25, -0.2) is 9.97 Å². The maximum Gasteiger partial charge on any atom is 0.270 e. The lowest BCUT2D eigenvalue weighted by molar-refractivity contribution is 0.0814. The lowest BCUT2D eigenvalue weighted by Crippen LogP contribution is -2.43. The van der Waals surface area contributed by atoms with Crippen molar-refractivity contribution >= 4 is 27.5 Å². The van der Waals surface area contributed by atoms with Gasteiger partial charge in [0.1, 0.15) is 17.7 Å². The molecule has 4 aromatic rings. The maximum atomic E-state index is 13.0. The molecule has 2 atom stereocenters. The minimum atomic E-state index is -0.493. The molecule has 2 N–H and O–H groups in total. The lowest BCUT2D eigenvalue weighted by Gasteiger charge is -2.21. The molecule has 1 saturated carbocycles. The summed E-state index contributed by atoms with van der Waals surface area (Å²) >= 11 is 1.64. The van der Waals surface area contributed by atoms with Crippen molar-refractivity contribution in [1.82, 2.24) is 15.3 Å². The van der Waals surface area contributed by atoms with Crippen LogP contribution in [0.2, 0.25) is 0 Å². The highest BCUT2D eigenvalue weighted by atomic mass is 32.1. The summed E-state index contributed by atoms with van der Waals surface area (Å²) in [6, 6.07) is 11.9. The number of rotatable bonds is 5. The van der Waals surface area contributed by atoms with Gasteiger partial charge in [-0.15, -0.1) is 11.3 Å². The van der Waals surface area contributed by atoms with Crippen LogP contribution in [0, 0.1) is 6.92 Å². The predicted molar refractivity (Wildman–Crippen MR) is 129 cm³/mol. The van der Waals surface area contributed by atoms with Crippen molar-refractivity contribution in [2.45, 2.75) is 57.6 Å². The summed E-state index contributed by atoms with van der Waals surface area (Å²) in [5.74, 6) is 0.431. The first-order valence-electron chi connectivity index (χ1n) is 11.4. The van der Waals surface area contributed by atoms with Crippen LogP contribution in [0.15, 0.2) is 52.5 Å². The van der Waals surface area contributed by atoms with E-state index in [1.165, 1.54) is 0 Å². The molecule has 1 amide bonds. The number of oxazole rings is 1. The zero-order valence-electron chi connectivity index (χ0n) is 18.6.